The molecule has 0 radical (unpaired) electrons. The smallest absolute Gasteiger partial charge is 0.159 e. The molecule has 0 saturated heterocycles. The van der Waals surface area contributed by atoms with Gasteiger partial charge in [-0.05, 0) is 43.3 Å². The third-order valence-electron chi connectivity index (χ3n) is 2.98. The van der Waals surface area contributed by atoms with Crippen molar-refractivity contribution in [3.63, 3.8) is 0 Å². The van der Waals surface area contributed by atoms with Gasteiger partial charge >= 0.3 is 0 Å². The van der Waals surface area contributed by atoms with E-state index in [-0.39, 0.29) is 12.4 Å². The molecule has 122 valence electrons. The summed E-state index contributed by atoms with van der Waals surface area (Å²) in [6, 6.07) is 9.39. The van der Waals surface area contributed by atoms with Crippen molar-refractivity contribution in [1.82, 2.24) is 0 Å². The fourth-order valence-corrected chi connectivity index (χ4v) is 2.71. The summed E-state index contributed by atoms with van der Waals surface area (Å²) in [6.45, 7) is 1.46. The van der Waals surface area contributed by atoms with Crippen LogP contribution >= 0.6 is 23.2 Å². The van der Waals surface area contributed by atoms with Crippen molar-refractivity contribution in [1.29, 1.82) is 0 Å². The highest BCUT2D eigenvalue weighted by Crippen LogP contribution is 2.29. The molecule has 0 aromatic heterocycles. The van der Waals surface area contributed by atoms with Gasteiger partial charge in [-0.25, -0.2) is 0 Å². The molecule has 0 aliphatic carbocycles. The number of anilines is 1. The SMILES string of the molecule is CC(=O)c1ccc(NS(=O)[O-])c(COc2ccc(Cl)cc2Cl)c1. The Morgan fingerprint density at radius 1 is 1.26 bits per heavy atom. The van der Waals surface area contributed by atoms with E-state index in [9.17, 15) is 13.6 Å². The van der Waals surface area contributed by atoms with E-state index in [0.29, 0.717) is 32.6 Å². The normalized spacial score (nSPS) is 11.8. The van der Waals surface area contributed by atoms with Crippen molar-refractivity contribution in [2.24, 2.45) is 0 Å². The highest BCUT2D eigenvalue weighted by molar-refractivity contribution is 7.80. The molecule has 8 heteroatoms. The molecular weight excluding hydrogens is 361 g/mol. The van der Waals surface area contributed by atoms with Crippen LogP contribution in [0.15, 0.2) is 36.4 Å². The second-order valence-electron chi connectivity index (χ2n) is 4.63. The van der Waals surface area contributed by atoms with Gasteiger partial charge in [-0.3, -0.25) is 9.00 Å². The summed E-state index contributed by atoms with van der Waals surface area (Å²) in [5, 5.41) is 0.812. The average molecular weight is 373 g/mol. The summed E-state index contributed by atoms with van der Waals surface area (Å²) in [5.74, 6) is 0.268. The Labute approximate surface area is 146 Å². The Morgan fingerprint density at radius 3 is 2.61 bits per heavy atom. The van der Waals surface area contributed by atoms with Crippen molar-refractivity contribution in [2.45, 2.75) is 13.5 Å². The minimum atomic E-state index is -2.48. The number of benzene rings is 2. The van der Waals surface area contributed by atoms with Crippen molar-refractivity contribution < 1.29 is 18.3 Å². The number of hydrogen-bond donors (Lipinski definition) is 1. The lowest BCUT2D eigenvalue weighted by atomic mass is 10.1. The van der Waals surface area contributed by atoms with Gasteiger partial charge in [0.25, 0.3) is 0 Å². The van der Waals surface area contributed by atoms with Crippen LogP contribution in [0, 0.1) is 0 Å². The van der Waals surface area contributed by atoms with E-state index >= 15 is 0 Å². The summed E-state index contributed by atoms with van der Waals surface area (Å²) in [7, 11) is 0. The lowest BCUT2D eigenvalue weighted by Crippen LogP contribution is -2.08. The molecule has 0 aliphatic heterocycles. The van der Waals surface area contributed by atoms with E-state index in [2.05, 4.69) is 4.72 Å². The molecule has 1 unspecified atom stereocenters. The van der Waals surface area contributed by atoms with Crippen LogP contribution in [0.2, 0.25) is 10.0 Å². The Bertz CT molecular complexity index is 767. The van der Waals surface area contributed by atoms with E-state index < -0.39 is 11.3 Å². The Balaban J connectivity index is 2.26. The van der Waals surface area contributed by atoms with Gasteiger partial charge in [-0.2, -0.15) is 0 Å². The molecule has 0 bridgehead atoms. The number of carbonyl (C=O) groups excluding carboxylic acids is 1. The topological polar surface area (TPSA) is 78.5 Å². The van der Waals surface area contributed by atoms with Gasteiger partial charge in [0, 0.05) is 27.4 Å². The maximum absolute atomic E-state index is 11.5. The van der Waals surface area contributed by atoms with E-state index in [1.165, 1.54) is 25.1 Å². The van der Waals surface area contributed by atoms with E-state index in [0.717, 1.165) is 0 Å². The second kappa shape index (κ2) is 7.79. The molecule has 23 heavy (non-hydrogen) atoms. The summed E-state index contributed by atoms with van der Waals surface area (Å²) < 4.78 is 29.6. The number of hydrogen-bond acceptors (Lipinski definition) is 4. The van der Waals surface area contributed by atoms with E-state index in [4.69, 9.17) is 27.9 Å². The summed E-state index contributed by atoms with van der Waals surface area (Å²) >= 11 is 9.36. The van der Waals surface area contributed by atoms with Gasteiger partial charge in [-0.1, -0.05) is 23.2 Å². The van der Waals surface area contributed by atoms with Gasteiger partial charge in [-0.15, -0.1) is 0 Å². The molecule has 2 rings (SSSR count). The van der Waals surface area contributed by atoms with E-state index in [1.807, 2.05) is 0 Å². The predicted octanol–water partition coefficient (Wildman–Crippen LogP) is 3.98. The molecule has 0 heterocycles. The first-order chi connectivity index (χ1) is 10.9. The molecule has 0 saturated carbocycles. The van der Waals surface area contributed by atoms with Crippen molar-refractivity contribution in [2.75, 3.05) is 4.72 Å². The lowest BCUT2D eigenvalue weighted by molar-refractivity contribution is 0.101. The first-order valence-corrected chi connectivity index (χ1v) is 8.27. The number of carbonyl (C=O) groups is 1. The van der Waals surface area contributed by atoms with Gasteiger partial charge in [0.2, 0.25) is 0 Å². The van der Waals surface area contributed by atoms with Crippen molar-refractivity contribution in [3.05, 3.63) is 57.6 Å². The number of ketones is 1. The number of nitrogens with one attached hydrogen (secondary N) is 1. The van der Waals surface area contributed by atoms with Crippen LogP contribution in [0.3, 0.4) is 0 Å². The quantitative estimate of drug-likeness (QED) is 0.614. The number of ether oxygens (including phenoxy) is 1. The number of rotatable bonds is 6. The Morgan fingerprint density at radius 2 is 2.00 bits per heavy atom. The van der Waals surface area contributed by atoms with Gasteiger partial charge in [0.05, 0.1) is 10.7 Å². The number of halogens is 2. The zero-order chi connectivity index (χ0) is 17.0. The maximum atomic E-state index is 11.5. The van der Waals surface area contributed by atoms with Crippen molar-refractivity contribution >= 4 is 45.9 Å². The summed E-state index contributed by atoms with van der Waals surface area (Å²) in [6.07, 6.45) is 0. The first-order valence-electron chi connectivity index (χ1n) is 6.44. The van der Waals surface area contributed by atoms with Gasteiger partial charge in [0.15, 0.2) is 5.78 Å². The highest BCUT2D eigenvalue weighted by atomic mass is 35.5. The molecule has 0 amide bonds. The van der Waals surface area contributed by atoms with Crippen molar-refractivity contribution in [3.8, 4) is 5.75 Å². The summed E-state index contributed by atoms with van der Waals surface area (Å²) in [4.78, 5) is 11.5. The second-order valence-corrected chi connectivity index (χ2v) is 6.15. The zero-order valence-electron chi connectivity index (χ0n) is 12.0. The van der Waals surface area contributed by atoms with Crippen LogP contribution in [0.5, 0.6) is 5.75 Å². The fourth-order valence-electron chi connectivity index (χ4n) is 1.87. The molecule has 1 N–H and O–H groups in total. The van der Waals surface area contributed by atoms with Crippen LogP contribution in [0.25, 0.3) is 0 Å². The van der Waals surface area contributed by atoms with Crippen LogP contribution in [-0.4, -0.2) is 14.5 Å². The van der Waals surface area contributed by atoms with Crippen LogP contribution in [0.1, 0.15) is 22.8 Å². The third kappa shape index (κ3) is 4.94. The van der Waals surface area contributed by atoms with Crippen LogP contribution < -0.4 is 9.46 Å². The molecule has 0 fully saturated rings. The molecule has 0 aliphatic rings. The van der Waals surface area contributed by atoms with E-state index in [1.54, 1.807) is 18.2 Å². The third-order valence-corrected chi connectivity index (χ3v) is 3.90. The van der Waals surface area contributed by atoms with Gasteiger partial charge in [0.1, 0.15) is 12.4 Å². The summed E-state index contributed by atoms with van der Waals surface area (Å²) in [5.41, 5.74) is 1.29. The lowest BCUT2D eigenvalue weighted by Gasteiger charge is -2.15. The molecule has 1 atom stereocenters. The molecule has 5 nitrogen and oxygen atoms in total. The largest absolute Gasteiger partial charge is 0.755 e. The molecule has 2 aromatic rings. The Kier molecular flexibility index (Phi) is 6.01. The maximum Gasteiger partial charge on any atom is 0.159 e. The minimum absolute atomic E-state index is 0.0298. The highest BCUT2D eigenvalue weighted by Gasteiger charge is 2.09. The first kappa shape index (κ1) is 17.7. The molecule has 2 aromatic carbocycles. The minimum Gasteiger partial charge on any atom is -0.755 e. The van der Waals surface area contributed by atoms with Crippen LogP contribution in [-0.2, 0) is 17.9 Å². The molecule has 0 spiro atoms. The Hall–Kier alpha value is -1.60. The van der Waals surface area contributed by atoms with Crippen LogP contribution in [0.4, 0.5) is 5.69 Å². The van der Waals surface area contributed by atoms with Gasteiger partial charge < -0.3 is 14.0 Å². The predicted molar refractivity (Wildman–Crippen MR) is 89.8 cm³/mol. The zero-order valence-corrected chi connectivity index (χ0v) is 14.3. The number of Topliss-reactive ketones (excluding diaryl/α,β-unsaturated/α-hetero) is 1. The standard InChI is InChI=1S/C15H13Cl2NO4S/c1-9(19)10-2-4-14(18-23(20)21)11(6-10)8-22-15-5-3-12(16)7-13(15)17/h2-7,18H,8H2,1H3,(H,20,21)/p-1. The fraction of sp³-hybridized carbons (Fsp3) is 0.133. The average Bonchev–Trinajstić information content (AvgIpc) is 2.46. The monoisotopic (exact) mass is 372 g/mol. The molecular formula is C15H12Cl2NO4S-.